The van der Waals surface area contributed by atoms with Gasteiger partial charge in [-0.2, -0.15) is 5.10 Å². The van der Waals surface area contributed by atoms with Crippen LogP contribution in [0.3, 0.4) is 0 Å². The van der Waals surface area contributed by atoms with Gasteiger partial charge in [-0.25, -0.2) is 4.52 Å². The maximum absolute atomic E-state index is 13.1. The second-order valence-electron chi connectivity index (χ2n) is 8.77. The summed E-state index contributed by atoms with van der Waals surface area (Å²) >= 11 is 6.17. The van der Waals surface area contributed by atoms with Crippen molar-refractivity contribution >= 4 is 28.7 Å². The van der Waals surface area contributed by atoms with Crippen LogP contribution in [0.25, 0.3) is 5.52 Å². The Morgan fingerprint density at radius 2 is 1.88 bits per heavy atom. The molecule has 8 heteroatoms. The van der Waals surface area contributed by atoms with Gasteiger partial charge >= 0.3 is 0 Å². The Labute approximate surface area is 192 Å². The zero-order valence-electron chi connectivity index (χ0n) is 18.4. The summed E-state index contributed by atoms with van der Waals surface area (Å²) in [6.45, 7) is 5.38. The molecule has 0 spiro atoms. The molecule has 3 aromatic rings. The first kappa shape index (κ1) is 21.1. The molecule has 1 amide bonds. The Morgan fingerprint density at radius 3 is 2.69 bits per heavy atom. The van der Waals surface area contributed by atoms with E-state index in [0.29, 0.717) is 31.6 Å². The first-order chi connectivity index (χ1) is 15.5. The van der Waals surface area contributed by atoms with Crippen LogP contribution in [-0.2, 0) is 24.2 Å². The standard InChI is InChI=1S/C24H28ClN5O2/c1-17-6-7-18(25)16-21(17)27-10-12-28(13-11-27)22(31)8-9-29-14-15-30-23(24(29)32)19-4-2-3-5-20(19)26-30/h6-7,14-16H,2-5,8-13H2,1H3. The van der Waals surface area contributed by atoms with Crippen molar-refractivity contribution in [3.05, 3.63) is 62.8 Å². The largest absolute Gasteiger partial charge is 0.368 e. The van der Waals surface area contributed by atoms with Crippen LogP contribution in [0.2, 0.25) is 5.02 Å². The maximum atomic E-state index is 13.1. The van der Waals surface area contributed by atoms with Crippen LogP contribution in [0.1, 0.15) is 36.1 Å². The van der Waals surface area contributed by atoms with E-state index >= 15 is 0 Å². The summed E-state index contributed by atoms with van der Waals surface area (Å²) in [5.74, 6) is 0.0924. The third kappa shape index (κ3) is 3.90. The van der Waals surface area contributed by atoms with Crippen molar-refractivity contribution in [1.82, 2.24) is 19.1 Å². The molecule has 0 radical (unpaired) electrons. The average molecular weight is 454 g/mol. The zero-order chi connectivity index (χ0) is 22.2. The lowest BCUT2D eigenvalue weighted by molar-refractivity contribution is -0.131. The molecule has 1 fully saturated rings. The molecule has 1 aromatic carbocycles. The molecule has 1 saturated heterocycles. The van der Waals surface area contributed by atoms with Gasteiger partial charge in [0.2, 0.25) is 5.91 Å². The van der Waals surface area contributed by atoms with E-state index in [1.807, 2.05) is 29.3 Å². The number of benzene rings is 1. The number of hydrogen-bond acceptors (Lipinski definition) is 4. The molecule has 0 bridgehead atoms. The second-order valence-corrected chi connectivity index (χ2v) is 9.21. The molecule has 168 valence electrons. The van der Waals surface area contributed by atoms with Crippen LogP contribution >= 0.6 is 11.6 Å². The predicted octanol–water partition coefficient (Wildman–Crippen LogP) is 3.08. The van der Waals surface area contributed by atoms with Crippen LogP contribution in [0.4, 0.5) is 5.69 Å². The molecule has 32 heavy (non-hydrogen) atoms. The summed E-state index contributed by atoms with van der Waals surface area (Å²) in [6, 6.07) is 5.92. The van der Waals surface area contributed by atoms with Crippen molar-refractivity contribution in [3.63, 3.8) is 0 Å². The summed E-state index contributed by atoms with van der Waals surface area (Å²) < 4.78 is 3.38. The fraction of sp³-hybridized carbons (Fsp3) is 0.458. The number of piperazine rings is 1. The quantitative estimate of drug-likeness (QED) is 0.609. The third-order valence-electron chi connectivity index (χ3n) is 6.74. The van der Waals surface area contributed by atoms with Crippen molar-refractivity contribution < 1.29 is 4.79 Å². The average Bonchev–Trinajstić information content (AvgIpc) is 3.19. The summed E-state index contributed by atoms with van der Waals surface area (Å²) in [5.41, 5.74) is 5.10. The van der Waals surface area contributed by atoms with Gasteiger partial charge in [-0.05, 0) is 50.3 Å². The number of nitrogens with zero attached hydrogens (tertiary/aromatic N) is 5. The van der Waals surface area contributed by atoms with Crippen molar-refractivity contribution in [2.75, 3.05) is 31.1 Å². The molecule has 1 aliphatic heterocycles. The fourth-order valence-corrected chi connectivity index (χ4v) is 5.09. The molecule has 2 aliphatic rings. The smallest absolute Gasteiger partial charge is 0.276 e. The number of aromatic nitrogens is 3. The van der Waals surface area contributed by atoms with Gasteiger partial charge in [-0.1, -0.05) is 17.7 Å². The second kappa shape index (κ2) is 8.62. The van der Waals surface area contributed by atoms with Crippen molar-refractivity contribution in [2.24, 2.45) is 0 Å². The van der Waals surface area contributed by atoms with E-state index in [-0.39, 0.29) is 11.5 Å². The number of aryl methyl sites for hydroxylation is 4. The minimum absolute atomic E-state index is 0.0443. The molecular weight excluding hydrogens is 426 g/mol. The monoisotopic (exact) mass is 453 g/mol. The van der Waals surface area contributed by atoms with E-state index in [9.17, 15) is 9.59 Å². The normalized spacial score (nSPS) is 16.4. The zero-order valence-corrected chi connectivity index (χ0v) is 19.1. The van der Waals surface area contributed by atoms with Crippen molar-refractivity contribution in [3.8, 4) is 0 Å². The molecule has 0 N–H and O–H groups in total. The predicted molar refractivity (Wildman–Crippen MR) is 126 cm³/mol. The number of halogens is 1. The Hall–Kier alpha value is -2.80. The molecule has 0 unspecified atom stereocenters. The van der Waals surface area contributed by atoms with Crippen LogP contribution in [0.5, 0.6) is 0 Å². The van der Waals surface area contributed by atoms with E-state index in [4.69, 9.17) is 11.6 Å². The first-order valence-corrected chi connectivity index (χ1v) is 11.8. The number of carbonyl (C=O) groups is 1. The number of amides is 1. The van der Waals surface area contributed by atoms with E-state index in [1.54, 1.807) is 15.3 Å². The molecule has 1 aliphatic carbocycles. The fourth-order valence-electron chi connectivity index (χ4n) is 4.93. The van der Waals surface area contributed by atoms with E-state index in [2.05, 4.69) is 16.9 Å². The van der Waals surface area contributed by atoms with Gasteiger partial charge in [0.25, 0.3) is 5.56 Å². The number of hydrogen-bond donors (Lipinski definition) is 0. The molecule has 0 atom stereocenters. The first-order valence-electron chi connectivity index (χ1n) is 11.4. The minimum atomic E-state index is -0.0443. The van der Waals surface area contributed by atoms with Crippen LogP contribution < -0.4 is 10.5 Å². The molecule has 2 aromatic heterocycles. The Balaban J connectivity index is 1.23. The summed E-state index contributed by atoms with van der Waals surface area (Å²) in [4.78, 5) is 30.1. The third-order valence-corrected chi connectivity index (χ3v) is 6.98. The van der Waals surface area contributed by atoms with Crippen molar-refractivity contribution in [1.29, 1.82) is 0 Å². The van der Waals surface area contributed by atoms with Crippen LogP contribution in [0, 0.1) is 6.92 Å². The maximum Gasteiger partial charge on any atom is 0.276 e. The highest BCUT2D eigenvalue weighted by Crippen LogP contribution is 2.25. The lowest BCUT2D eigenvalue weighted by atomic mass is 9.97. The number of anilines is 1. The van der Waals surface area contributed by atoms with Crippen LogP contribution in [0.15, 0.2) is 35.4 Å². The summed E-state index contributed by atoms with van der Waals surface area (Å²) in [5, 5.41) is 5.31. The van der Waals surface area contributed by atoms with Gasteiger partial charge in [-0.3, -0.25) is 9.59 Å². The van der Waals surface area contributed by atoms with E-state index in [0.717, 1.165) is 60.7 Å². The molecule has 0 saturated carbocycles. The molecule has 7 nitrogen and oxygen atoms in total. The van der Waals surface area contributed by atoms with Gasteiger partial charge in [0.15, 0.2) is 0 Å². The lowest BCUT2D eigenvalue weighted by Gasteiger charge is -2.37. The van der Waals surface area contributed by atoms with Crippen LogP contribution in [-0.4, -0.2) is 51.2 Å². The van der Waals surface area contributed by atoms with Gasteiger partial charge < -0.3 is 14.4 Å². The molecule has 3 heterocycles. The molecule has 5 rings (SSSR count). The summed E-state index contributed by atoms with van der Waals surface area (Å²) in [7, 11) is 0. The van der Waals surface area contributed by atoms with E-state index < -0.39 is 0 Å². The highest BCUT2D eigenvalue weighted by atomic mass is 35.5. The van der Waals surface area contributed by atoms with Gasteiger partial charge in [-0.15, -0.1) is 0 Å². The Bertz CT molecular complexity index is 1220. The number of fused-ring (bicyclic) bond motifs is 3. The topological polar surface area (TPSA) is 62.9 Å². The Kier molecular flexibility index (Phi) is 5.67. The minimum Gasteiger partial charge on any atom is -0.368 e. The highest BCUT2D eigenvalue weighted by molar-refractivity contribution is 6.30. The lowest BCUT2D eigenvalue weighted by Crippen LogP contribution is -2.49. The SMILES string of the molecule is Cc1ccc(Cl)cc1N1CCN(C(=O)CCn2ccn3nc4c(c3c2=O)CCCC4)CC1. The Morgan fingerprint density at radius 1 is 1.09 bits per heavy atom. The summed E-state index contributed by atoms with van der Waals surface area (Å²) in [6.07, 6.45) is 7.99. The van der Waals surface area contributed by atoms with Crippen molar-refractivity contribution in [2.45, 2.75) is 45.6 Å². The highest BCUT2D eigenvalue weighted by Gasteiger charge is 2.23. The van der Waals surface area contributed by atoms with Gasteiger partial charge in [0.1, 0.15) is 5.52 Å². The van der Waals surface area contributed by atoms with Gasteiger partial charge in [0.05, 0.1) is 5.69 Å². The molecular formula is C24H28ClN5O2. The van der Waals surface area contributed by atoms with E-state index in [1.165, 1.54) is 5.56 Å². The number of rotatable bonds is 4. The number of carbonyl (C=O) groups excluding carboxylic acids is 1. The van der Waals surface area contributed by atoms with Gasteiger partial charge in [0, 0.05) is 67.8 Å².